The minimum absolute atomic E-state index is 0.0385. The highest BCUT2D eigenvalue weighted by Crippen LogP contribution is 2.33. The van der Waals surface area contributed by atoms with Gasteiger partial charge in [-0.25, -0.2) is 9.78 Å². The van der Waals surface area contributed by atoms with E-state index in [4.69, 9.17) is 0 Å². The number of carbonyl (C=O) groups excluding carboxylic acids is 1. The Hall–Kier alpha value is -2.03. The summed E-state index contributed by atoms with van der Waals surface area (Å²) in [7, 11) is 0. The lowest BCUT2D eigenvalue weighted by atomic mass is 10.2. The van der Waals surface area contributed by atoms with Crippen molar-refractivity contribution >= 4 is 29.5 Å². The van der Waals surface area contributed by atoms with Gasteiger partial charge in [-0.1, -0.05) is 13.3 Å². The number of H-pyrrole nitrogens is 1. The molecule has 0 aromatic carbocycles. The summed E-state index contributed by atoms with van der Waals surface area (Å²) in [6, 6.07) is 1.60. The molecule has 1 saturated heterocycles. The Balaban J connectivity index is 2.27. The maximum atomic E-state index is 12.5. The van der Waals surface area contributed by atoms with Gasteiger partial charge in [-0.3, -0.25) is 4.79 Å². The van der Waals surface area contributed by atoms with Gasteiger partial charge in [0.25, 0.3) is 5.91 Å². The summed E-state index contributed by atoms with van der Waals surface area (Å²) in [5.74, 6) is -1.53. The van der Waals surface area contributed by atoms with E-state index in [1.165, 1.54) is 28.8 Å². The Morgan fingerprint density at radius 1 is 1.57 bits per heavy atom. The second-order valence-electron chi connectivity index (χ2n) is 4.66. The second-order valence-corrected chi connectivity index (χ2v) is 5.87. The number of nitro groups is 1. The van der Waals surface area contributed by atoms with Crippen molar-refractivity contribution in [2.24, 2.45) is 0 Å². The molecule has 1 fully saturated rings. The summed E-state index contributed by atoms with van der Waals surface area (Å²) < 4.78 is 0. The molecule has 21 heavy (non-hydrogen) atoms. The molecule has 2 rings (SSSR count). The van der Waals surface area contributed by atoms with Gasteiger partial charge in [-0.2, -0.15) is 0 Å². The molecule has 0 aliphatic carbocycles. The number of amides is 1. The van der Waals surface area contributed by atoms with E-state index >= 15 is 0 Å². The fraction of sp³-hybridized carbons (Fsp3) is 0.500. The van der Waals surface area contributed by atoms with E-state index in [-0.39, 0.29) is 16.9 Å². The van der Waals surface area contributed by atoms with Crippen molar-refractivity contribution in [2.45, 2.75) is 31.2 Å². The Morgan fingerprint density at radius 3 is 2.81 bits per heavy atom. The van der Waals surface area contributed by atoms with Crippen LogP contribution in [0.3, 0.4) is 0 Å². The summed E-state index contributed by atoms with van der Waals surface area (Å²) >= 11 is 1.42. The monoisotopic (exact) mass is 313 g/mol. The molecule has 1 amide bonds. The van der Waals surface area contributed by atoms with Crippen LogP contribution in [0.1, 0.15) is 30.3 Å². The van der Waals surface area contributed by atoms with Crippen LogP contribution >= 0.6 is 11.8 Å². The standard InChI is InChI=1S/C12H15N3O5S/c1-2-3-10-14(8(6-21-10)12(17)18)11(16)7-4-5-9(13-7)15(19)20/h4-5,8,10,13H,2-3,6H2,1H3,(H,17,18). The molecule has 2 N–H and O–H groups in total. The van der Waals surface area contributed by atoms with Gasteiger partial charge < -0.3 is 20.1 Å². The molecule has 1 aromatic heterocycles. The molecule has 1 aromatic rings. The molecule has 1 aliphatic rings. The zero-order valence-electron chi connectivity index (χ0n) is 11.3. The lowest BCUT2D eigenvalue weighted by Gasteiger charge is -2.25. The average Bonchev–Trinajstić information content (AvgIpc) is 3.05. The van der Waals surface area contributed by atoms with Crippen LogP contribution in [0, 0.1) is 10.1 Å². The van der Waals surface area contributed by atoms with Crippen molar-refractivity contribution in [3.8, 4) is 0 Å². The van der Waals surface area contributed by atoms with Crippen molar-refractivity contribution in [3.05, 3.63) is 27.9 Å². The zero-order chi connectivity index (χ0) is 15.6. The molecule has 9 heteroatoms. The van der Waals surface area contributed by atoms with Crippen molar-refractivity contribution in [1.82, 2.24) is 9.88 Å². The number of hydrogen-bond donors (Lipinski definition) is 2. The highest BCUT2D eigenvalue weighted by atomic mass is 32.2. The van der Waals surface area contributed by atoms with Crippen LogP contribution in [0.4, 0.5) is 5.82 Å². The van der Waals surface area contributed by atoms with E-state index in [1.807, 2.05) is 6.92 Å². The highest BCUT2D eigenvalue weighted by Gasteiger charge is 2.42. The van der Waals surface area contributed by atoms with Gasteiger partial charge in [-0.05, 0) is 17.4 Å². The fourth-order valence-electron chi connectivity index (χ4n) is 2.25. The zero-order valence-corrected chi connectivity index (χ0v) is 12.1. The predicted molar refractivity (Wildman–Crippen MR) is 76.2 cm³/mol. The molecular formula is C12H15N3O5S. The Kier molecular flexibility index (Phi) is 4.51. The number of aromatic nitrogens is 1. The number of aliphatic carboxylic acids is 1. The summed E-state index contributed by atoms with van der Waals surface area (Å²) in [6.45, 7) is 1.96. The first kappa shape index (κ1) is 15.4. The van der Waals surface area contributed by atoms with E-state index < -0.39 is 22.8 Å². The highest BCUT2D eigenvalue weighted by molar-refractivity contribution is 8.00. The Morgan fingerprint density at radius 2 is 2.29 bits per heavy atom. The van der Waals surface area contributed by atoms with Crippen LogP contribution in [0.25, 0.3) is 0 Å². The molecule has 2 atom stereocenters. The lowest BCUT2D eigenvalue weighted by molar-refractivity contribution is -0.389. The number of rotatable bonds is 5. The smallest absolute Gasteiger partial charge is 0.327 e. The van der Waals surface area contributed by atoms with Gasteiger partial charge in [0.2, 0.25) is 0 Å². The van der Waals surface area contributed by atoms with E-state index in [9.17, 15) is 24.8 Å². The first-order valence-electron chi connectivity index (χ1n) is 6.46. The van der Waals surface area contributed by atoms with Crippen molar-refractivity contribution in [1.29, 1.82) is 0 Å². The summed E-state index contributed by atoms with van der Waals surface area (Å²) in [5, 5.41) is 19.7. The molecule has 114 valence electrons. The molecule has 1 aliphatic heterocycles. The van der Waals surface area contributed by atoms with E-state index in [2.05, 4.69) is 4.98 Å². The van der Waals surface area contributed by atoms with Crippen LogP contribution < -0.4 is 0 Å². The molecule has 0 saturated carbocycles. The molecule has 0 spiro atoms. The van der Waals surface area contributed by atoms with Crippen LogP contribution in [0.15, 0.2) is 12.1 Å². The minimum atomic E-state index is -1.06. The minimum Gasteiger partial charge on any atom is -0.480 e. The number of carboxylic acids is 1. The number of thioether (sulfide) groups is 1. The Bertz CT molecular complexity index is 573. The first-order valence-corrected chi connectivity index (χ1v) is 7.51. The van der Waals surface area contributed by atoms with Crippen LogP contribution in [0.2, 0.25) is 0 Å². The number of hydrogen-bond acceptors (Lipinski definition) is 5. The normalized spacial score (nSPS) is 21.5. The van der Waals surface area contributed by atoms with E-state index in [0.717, 1.165) is 6.42 Å². The van der Waals surface area contributed by atoms with Gasteiger partial charge >= 0.3 is 11.8 Å². The third-order valence-corrected chi connectivity index (χ3v) is 4.60. The molecule has 0 radical (unpaired) electrons. The van der Waals surface area contributed by atoms with Crippen LogP contribution in [-0.4, -0.2) is 49.0 Å². The van der Waals surface area contributed by atoms with Gasteiger partial charge in [0.1, 0.15) is 6.04 Å². The lowest BCUT2D eigenvalue weighted by Crippen LogP contribution is -2.45. The fourth-order valence-corrected chi connectivity index (χ4v) is 3.76. The summed E-state index contributed by atoms with van der Waals surface area (Å²) in [5.41, 5.74) is 0.0385. The van der Waals surface area contributed by atoms with E-state index in [0.29, 0.717) is 12.2 Å². The number of aromatic amines is 1. The summed E-state index contributed by atoms with van der Waals surface area (Å²) in [6.07, 6.45) is 1.50. The molecular weight excluding hydrogens is 298 g/mol. The SMILES string of the molecule is CCCC1SCC(C(=O)O)N1C(=O)c1ccc([N+](=O)[O-])[nH]1. The topological polar surface area (TPSA) is 117 Å². The largest absolute Gasteiger partial charge is 0.480 e. The maximum Gasteiger partial charge on any atom is 0.327 e. The Labute approximate surface area is 124 Å². The van der Waals surface area contributed by atoms with E-state index in [1.54, 1.807) is 0 Å². The second kappa shape index (κ2) is 6.17. The molecule has 2 unspecified atom stereocenters. The number of carbonyl (C=O) groups is 2. The van der Waals surface area contributed by atoms with Crippen molar-refractivity contribution in [2.75, 3.05) is 5.75 Å². The average molecular weight is 313 g/mol. The molecule has 8 nitrogen and oxygen atoms in total. The van der Waals surface area contributed by atoms with Gasteiger partial charge in [0.05, 0.1) is 5.37 Å². The summed E-state index contributed by atoms with van der Waals surface area (Å²) in [4.78, 5) is 37.5. The third-order valence-electron chi connectivity index (χ3n) is 3.25. The number of carboxylic acid groups (broad SMARTS) is 1. The van der Waals surface area contributed by atoms with Crippen molar-refractivity contribution in [3.63, 3.8) is 0 Å². The van der Waals surface area contributed by atoms with Gasteiger partial charge in [0, 0.05) is 11.8 Å². The van der Waals surface area contributed by atoms with Crippen LogP contribution in [-0.2, 0) is 4.79 Å². The third kappa shape index (κ3) is 3.02. The predicted octanol–water partition coefficient (Wildman–Crippen LogP) is 1.69. The number of nitrogens with zero attached hydrogens (tertiary/aromatic N) is 2. The van der Waals surface area contributed by atoms with Crippen molar-refractivity contribution < 1.29 is 19.6 Å². The molecule has 0 bridgehead atoms. The van der Waals surface area contributed by atoms with Gasteiger partial charge in [-0.15, -0.1) is 11.8 Å². The quantitative estimate of drug-likeness (QED) is 0.631. The first-order chi connectivity index (χ1) is 9.95. The van der Waals surface area contributed by atoms with Crippen LogP contribution in [0.5, 0.6) is 0 Å². The molecule has 2 heterocycles. The number of nitrogens with one attached hydrogen (secondary N) is 1. The van der Waals surface area contributed by atoms with Gasteiger partial charge in [0.15, 0.2) is 5.69 Å². The maximum absolute atomic E-state index is 12.5.